The summed E-state index contributed by atoms with van der Waals surface area (Å²) in [4.78, 5) is 47.3. The Hall–Kier alpha value is -3.18. The Kier molecular flexibility index (Phi) is 7.48. The van der Waals surface area contributed by atoms with Crippen LogP contribution in [0.2, 0.25) is 0 Å². The zero-order valence-corrected chi connectivity index (χ0v) is 23.6. The van der Waals surface area contributed by atoms with Crippen LogP contribution in [0.3, 0.4) is 0 Å². The Morgan fingerprint density at radius 1 is 1.22 bits per heavy atom. The van der Waals surface area contributed by atoms with Crippen LogP contribution >= 0.6 is 15.9 Å². The molecule has 3 aromatic rings. The maximum atomic E-state index is 13.8. The number of Topliss-reactive ketones (excluding diaryl/α,β-unsaturated/α-hetero) is 1. The van der Waals surface area contributed by atoms with Crippen molar-refractivity contribution in [2.45, 2.75) is 59.7 Å². The molecule has 4 rings (SSSR count). The van der Waals surface area contributed by atoms with Crippen molar-refractivity contribution in [2.24, 2.45) is 12.8 Å². The Labute approximate surface area is 223 Å². The average Bonchev–Trinajstić information content (AvgIpc) is 3.24. The molecule has 1 aliphatic rings. The van der Waals surface area contributed by atoms with Gasteiger partial charge in [0.1, 0.15) is 0 Å². The highest BCUT2D eigenvalue weighted by molar-refractivity contribution is 9.10. The van der Waals surface area contributed by atoms with Crippen LogP contribution in [0.15, 0.2) is 31.8 Å². The van der Waals surface area contributed by atoms with Gasteiger partial charge in [0.05, 0.1) is 6.54 Å². The number of aromatic nitrogens is 4. The highest BCUT2D eigenvalue weighted by atomic mass is 79.9. The Morgan fingerprint density at radius 2 is 1.92 bits per heavy atom. The second-order valence-electron chi connectivity index (χ2n) is 10.1. The molecule has 2 aromatic heterocycles. The van der Waals surface area contributed by atoms with Gasteiger partial charge in [-0.25, -0.2) is 4.79 Å². The number of allylic oxidation sites excluding steroid dienone is 2. The average molecular weight is 573 g/mol. The summed E-state index contributed by atoms with van der Waals surface area (Å²) in [6, 6.07) is 1.59. The van der Waals surface area contributed by atoms with E-state index in [4.69, 9.17) is 16.5 Å². The second kappa shape index (κ2) is 10.3. The van der Waals surface area contributed by atoms with Crippen LogP contribution < -0.4 is 27.6 Å². The molecule has 0 radical (unpaired) electrons. The molecule has 0 bridgehead atoms. The molecule has 10 nitrogen and oxygen atoms in total. The van der Waals surface area contributed by atoms with E-state index in [1.54, 1.807) is 13.1 Å². The Morgan fingerprint density at radius 3 is 2.57 bits per heavy atom. The van der Waals surface area contributed by atoms with E-state index >= 15 is 0 Å². The smallest absolute Gasteiger partial charge is 0.332 e. The number of hydrogen-bond acceptors (Lipinski definition) is 7. The lowest BCUT2D eigenvalue weighted by atomic mass is 10.0. The minimum Gasteiger partial charge on any atom is -0.398 e. The van der Waals surface area contributed by atoms with Gasteiger partial charge in [0.2, 0.25) is 5.95 Å². The van der Waals surface area contributed by atoms with Gasteiger partial charge in [0, 0.05) is 48.4 Å². The molecule has 1 aliphatic heterocycles. The van der Waals surface area contributed by atoms with Crippen LogP contribution in [0.25, 0.3) is 11.2 Å². The summed E-state index contributed by atoms with van der Waals surface area (Å²) in [6.07, 6.45) is 3.85. The summed E-state index contributed by atoms with van der Waals surface area (Å²) >= 11 is 3.48. The topological polar surface area (TPSA) is 134 Å². The second-order valence-corrected chi connectivity index (χ2v) is 10.9. The van der Waals surface area contributed by atoms with Crippen molar-refractivity contribution in [3.63, 3.8) is 0 Å². The number of halogens is 1. The molecule has 198 valence electrons. The number of nitrogen functional groups attached to an aromatic ring is 1. The fourth-order valence-electron chi connectivity index (χ4n) is 4.72. The molecule has 0 aliphatic carbocycles. The standard InChI is InChI=1S/C26H34BrN7O3/c1-14(2)8-10-33-22-23(30-25(33)32-9-6-7-17(28)12-32)31(5)26(37)34(24(22)36)13-20(35)18-11-19(29)15(3)16(4)21(18)27/h8,11,17H,6-7,9-10,12-13,28-29H2,1-5H3. The number of anilines is 2. The normalized spacial score (nSPS) is 15.9. The number of benzene rings is 1. The van der Waals surface area contributed by atoms with E-state index in [1.165, 1.54) is 4.57 Å². The Balaban J connectivity index is 1.89. The van der Waals surface area contributed by atoms with Crippen molar-refractivity contribution in [3.8, 4) is 0 Å². The van der Waals surface area contributed by atoms with E-state index in [9.17, 15) is 14.4 Å². The number of piperidine rings is 1. The first-order chi connectivity index (χ1) is 17.4. The largest absolute Gasteiger partial charge is 0.398 e. The summed E-state index contributed by atoms with van der Waals surface area (Å²) in [5.41, 5.74) is 15.3. The quantitative estimate of drug-likeness (QED) is 0.264. The molecule has 37 heavy (non-hydrogen) atoms. The van der Waals surface area contributed by atoms with Crippen molar-refractivity contribution in [3.05, 3.63) is 59.7 Å². The third-order valence-electron chi connectivity index (χ3n) is 7.10. The van der Waals surface area contributed by atoms with Gasteiger partial charge in [0.15, 0.2) is 16.9 Å². The maximum Gasteiger partial charge on any atom is 0.332 e. The van der Waals surface area contributed by atoms with Gasteiger partial charge in [-0.1, -0.05) is 11.6 Å². The first-order valence-corrected chi connectivity index (χ1v) is 13.1. The number of nitrogens with two attached hydrogens (primary N) is 2. The summed E-state index contributed by atoms with van der Waals surface area (Å²) in [5, 5.41) is 0. The number of rotatable bonds is 6. The van der Waals surface area contributed by atoms with Crippen molar-refractivity contribution in [2.75, 3.05) is 23.7 Å². The first-order valence-electron chi connectivity index (χ1n) is 12.3. The third kappa shape index (κ3) is 4.89. The van der Waals surface area contributed by atoms with E-state index in [2.05, 4.69) is 20.8 Å². The molecule has 1 saturated heterocycles. The lowest BCUT2D eigenvalue weighted by molar-refractivity contribution is 0.0968. The lowest BCUT2D eigenvalue weighted by Gasteiger charge is -2.31. The van der Waals surface area contributed by atoms with Gasteiger partial charge in [-0.3, -0.25) is 18.7 Å². The van der Waals surface area contributed by atoms with Gasteiger partial charge in [0.25, 0.3) is 5.56 Å². The number of carbonyl (C=O) groups is 1. The summed E-state index contributed by atoms with van der Waals surface area (Å²) in [5.74, 6) is 0.210. The molecular formula is C26H34BrN7O3. The molecule has 11 heteroatoms. The van der Waals surface area contributed by atoms with Crippen molar-refractivity contribution in [1.29, 1.82) is 0 Å². The first kappa shape index (κ1) is 26.9. The zero-order chi connectivity index (χ0) is 27.2. The minimum absolute atomic E-state index is 0.00686. The molecule has 1 unspecified atom stereocenters. The fourth-order valence-corrected chi connectivity index (χ4v) is 5.35. The summed E-state index contributed by atoms with van der Waals surface area (Å²) in [7, 11) is 1.57. The number of fused-ring (bicyclic) bond motifs is 1. The van der Waals surface area contributed by atoms with E-state index in [0.717, 1.165) is 40.7 Å². The van der Waals surface area contributed by atoms with Crippen LogP contribution in [0.1, 0.15) is 48.2 Å². The molecular weight excluding hydrogens is 538 g/mol. The number of aryl methyl sites for hydroxylation is 1. The number of imidazole rings is 1. The molecule has 3 heterocycles. The van der Waals surface area contributed by atoms with Gasteiger partial charge in [-0.15, -0.1) is 0 Å². The molecule has 1 aromatic carbocycles. The van der Waals surface area contributed by atoms with Crippen LogP contribution in [0.4, 0.5) is 11.6 Å². The van der Waals surface area contributed by atoms with Crippen molar-refractivity contribution >= 4 is 44.5 Å². The molecule has 0 spiro atoms. The van der Waals surface area contributed by atoms with E-state index < -0.39 is 23.6 Å². The lowest BCUT2D eigenvalue weighted by Crippen LogP contribution is -2.44. The zero-order valence-electron chi connectivity index (χ0n) is 22.0. The molecule has 1 fully saturated rings. The third-order valence-corrected chi connectivity index (χ3v) is 8.12. The van der Waals surface area contributed by atoms with Gasteiger partial charge < -0.3 is 20.9 Å². The molecule has 0 amide bonds. The number of ketones is 1. The monoisotopic (exact) mass is 571 g/mol. The van der Waals surface area contributed by atoms with E-state index in [1.807, 2.05) is 38.3 Å². The predicted octanol–water partition coefficient (Wildman–Crippen LogP) is 2.63. The van der Waals surface area contributed by atoms with Crippen molar-refractivity contribution < 1.29 is 4.79 Å². The van der Waals surface area contributed by atoms with Gasteiger partial charge in [-0.2, -0.15) is 4.98 Å². The van der Waals surface area contributed by atoms with Crippen LogP contribution in [-0.4, -0.2) is 43.6 Å². The van der Waals surface area contributed by atoms with E-state index in [0.29, 0.717) is 34.8 Å². The van der Waals surface area contributed by atoms with Gasteiger partial charge >= 0.3 is 5.69 Å². The van der Waals surface area contributed by atoms with Crippen LogP contribution in [-0.2, 0) is 20.1 Å². The van der Waals surface area contributed by atoms with E-state index in [-0.39, 0.29) is 17.2 Å². The highest BCUT2D eigenvalue weighted by Gasteiger charge is 2.27. The SMILES string of the molecule is CC(C)=CCn1c(N2CCCC(N)C2)nc2c1c(=O)n(CC(=O)c1cc(N)c(C)c(C)c1Br)c(=O)n2C. The number of hydrogen-bond donors (Lipinski definition) is 2. The fraction of sp³-hybridized carbons (Fsp3) is 0.462. The highest BCUT2D eigenvalue weighted by Crippen LogP contribution is 2.29. The molecule has 0 saturated carbocycles. The predicted molar refractivity (Wildman–Crippen MR) is 150 cm³/mol. The van der Waals surface area contributed by atoms with Crippen molar-refractivity contribution in [1.82, 2.24) is 18.7 Å². The number of nitrogens with zero attached hydrogens (tertiary/aromatic N) is 5. The minimum atomic E-state index is -0.604. The number of carbonyl (C=O) groups excluding carboxylic acids is 1. The Bertz CT molecular complexity index is 1540. The maximum absolute atomic E-state index is 13.8. The molecule has 1 atom stereocenters. The summed E-state index contributed by atoms with van der Waals surface area (Å²) in [6.45, 7) is 9.05. The summed E-state index contributed by atoms with van der Waals surface area (Å²) < 4.78 is 4.75. The van der Waals surface area contributed by atoms with Gasteiger partial charge in [-0.05, 0) is 73.7 Å². The van der Waals surface area contributed by atoms with Crippen LogP contribution in [0.5, 0.6) is 0 Å². The van der Waals surface area contributed by atoms with Crippen LogP contribution in [0, 0.1) is 13.8 Å². The molecule has 4 N–H and O–H groups in total.